The lowest BCUT2D eigenvalue weighted by Gasteiger charge is -2.01. The Kier molecular flexibility index (Phi) is 2.38. The van der Waals surface area contributed by atoms with Crippen LogP contribution >= 0.6 is 0 Å². The van der Waals surface area contributed by atoms with Crippen molar-refractivity contribution in [2.45, 2.75) is 6.92 Å². The molecule has 0 aromatic heterocycles. The van der Waals surface area contributed by atoms with Crippen molar-refractivity contribution in [1.82, 2.24) is 0 Å². The Labute approximate surface area is 70.5 Å². The lowest BCUT2D eigenvalue weighted by atomic mass is 10.1. The van der Waals surface area contributed by atoms with Gasteiger partial charge in [-0.3, -0.25) is 4.79 Å². The van der Waals surface area contributed by atoms with Crippen LogP contribution in [0.1, 0.15) is 22.8 Å². The average molecular weight is 164 g/mol. The fraction of sp³-hybridized carbons (Fsp3) is 0.100. The maximum Gasteiger partial charge on any atom is 0.150 e. The van der Waals surface area contributed by atoms with Crippen molar-refractivity contribution in [2.24, 2.45) is 0 Å². The van der Waals surface area contributed by atoms with Crippen LogP contribution in [0.2, 0.25) is 0 Å². The van der Waals surface area contributed by atoms with Crippen molar-refractivity contribution in [2.75, 3.05) is 0 Å². The number of halogens is 1. The standard InChI is InChI=1S/C10H9FO/c1-7(2)9-5-8(6-12)3-4-10(9)11/h3-6H,1H2,2H3. The van der Waals surface area contributed by atoms with Gasteiger partial charge in [0.05, 0.1) is 0 Å². The molecular weight excluding hydrogens is 155 g/mol. The van der Waals surface area contributed by atoms with E-state index in [1.54, 1.807) is 6.92 Å². The molecule has 0 aliphatic rings. The second-order valence-electron chi connectivity index (χ2n) is 2.64. The Morgan fingerprint density at radius 2 is 2.25 bits per heavy atom. The van der Waals surface area contributed by atoms with Crippen LogP contribution < -0.4 is 0 Å². The van der Waals surface area contributed by atoms with Gasteiger partial charge in [-0.15, -0.1) is 0 Å². The minimum absolute atomic E-state index is 0.340. The van der Waals surface area contributed by atoms with E-state index in [2.05, 4.69) is 6.58 Å². The number of allylic oxidation sites excluding steroid dienone is 1. The molecule has 62 valence electrons. The normalized spacial score (nSPS) is 9.50. The van der Waals surface area contributed by atoms with Gasteiger partial charge in [0.25, 0.3) is 0 Å². The summed E-state index contributed by atoms with van der Waals surface area (Å²) in [5.41, 5.74) is 1.49. The smallest absolute Gasteiger partial charge is 0.150 e. The molecule has 1 rings (SSSR count). The van der Waals surface area contributed by atoms with Gasteiger partial charge in [0.15, 0.2) is 0 Å². The molecule has 0 bridgehead atoms. The summed E-state index contributed by atoms with van der Waals surface area (Å²) in [6, 6.07) is 4.20. The summed E-state index contributed by atoms with van der Waals surface area (Å²) in [5, 5.41) is 0. The molecule has 0 atom stereocenters. The van der Waals surface area contributed by atoms with Crippen LogP contribution in [0.25, 0.3) is 5.57 Å². The molecule has 2 heteroatoms. The van der Waals surface area contributed by atoms with E-state index in [9.17, 15) is 9.18 Å². The van der Waals surface area contributed by atoms with Crippen LogP contribution in [-0.4, -0.2) is 6.29 Å². The number of benzene rings is 1. The van der Waals surface area contributed by atoms with Crippen molar-refractivity contribution >= 4 is 11.9 Å². The predicted molar refractivity (Wildman–Crippen MR) is 46.5 cm³/mol. The molecule has 0 aliphatic carbocycles. The van der Waals surface area contributed by atoms with Crippen LogP contribution in [0.4, 0.5) is 4.39 Å². The van der Waals surface area contributed by atoms with E-state index in [0.717, 1.165) is 0 Å². The van der Waals surface area contributed by atoms with Gasteiger partial charge in [-0.05, 0) is 30.7 Å². The third-order valence-electron chi connectivity index (χ3n) is 1.59. The van der Waals surface area contributed by atoms with Gasteiger partial charge in [0.1, 0.15) is 12.1 Å². The van der Waals surface area contributed by atoms with E-state index in [0.29, 0.717) is 23.0 Å². The highest BCUT2D eigenvalue weighted by Gasteiger charge is 2.02. The Hall–Kier alpha value is -1.44. The maximum atomic E-state index is 13.0. The zero-order chi connectivity index (χ0) is 9.14. The molecule has 1 aromatic rings. The third-order valence-corrected chi connectivity index (χ3v) is 1.59. The fourth-order valence-electron chi connectivity index (χ4n) is 0.943. The van der Waals surface area contributed by atoms with Gasteiger partial charge >= 0.3 is 0 Å². The minimum atomic E-state index is -0.340. The summed E-state index contributed by atoms with van der Waals surface area (Å²) in [7, 11) is 0. The Morgan fingerprint density at radius 3 is 2.75 bits per heavy atom. The zero-order valence-electron chi connectivity index (χ0n) is 6.80. The Balaban J connectivity index is 3.25. The molecule has 0 aliphatic heterocycles. The highest BCUT2D eigenvalue weighted by atomic mass is 19.1. The lowest BCUT2D eigenvalue weighted by Crippen LogP contribution is -1.88. The van der Waals surface area contributed by atoms with Gasteiger partial charge in [0, 0.05) is 11.1 Å². The number of rotatable bonds is 2. The third kappa shape index (κ3) is 1.59. The lowest BCUT2D eigenvalue weighted by molar-refractivity contribution is 0.112. The quantitative estimate of drug-likeness (QED) is 0.614. The topological polar surface area (TPSA) is 17.1 Å². The molecule has 0 radical (unpaired) electrons. The van der Waals surface area contributed by atoms with Gasteiger partial charge in [-0.2, -0.15) is 0 Å². The summed E-state index contributed by atoms with van der Waals surface area (Å²) in [6.45, 7) is 5.31. The van der Waals surface area contributed by atoms with Crippen molar-refractivity contribution < 1.29 is 9.18 Å². The summed E-state index contributed by atoms with van der Waals surface area (Å²) >= 11 is 0. The molecule has 0 spiro atoms. The molecule has 0 fully saturated rings. The highest BCUT2D eigenvalue weighted by molar-refractivity contribution is 5.77. The fourth-order valence-corrected chi connectivity index (χ4v) is 0.943. The van der Waals surface area contributed by atoms with Gasteiger partial charge in [0.2, 0.25) is 0 Å². The molecule has 0 amide bonds. The summed E-state index contributed by atoms with van der Waals surface area (Å²) < 4.78 is 13.0. The molecule has 12 heavy (non-hydrogen) atoms. The van der Waals surface area contributed by atoms with Crippen LogP contribution in [0, 0.1) is 5.82 Å². The molecule has 1 aromatic carbocycles. The van der Waals surface area contributed by atoms with E-state index >= 15 is 0 Å². The van der Waals surface area contributed by atoms with E-state index in [4.69, 9.17) is 0 Å². The van der Waals surface area contributed by atoms with Crippen molar-refractivity contribution in [3.05, 3.63) is 41.7 Å². The number of carbonyl (C=O) groups excluding carboxylic acids is 1. The first-order chi connectivity index (χ1) is 5.65. The predicted octanol–water partition coefficient (Wildman–Crippen LogP) is 2.67. The number of hydrogen-bond acceptors (Lipinski definition) is 1. The van der Waals surface area contributed by atoms with Gasteiger partial charge in [-0.25, -0.2) is 4.39 Å². The summed E-state index contributed by atoms with van der Waals surface area (Å²) in [5.74, 6) is -0.340. The molecule has 0 N–H and O–H groups in total. The Bertz CT molecular complexity index is 329. The molecular formula is C10H9FO. The van der Waals surface area contributed by atoms with Crippen molar-refractivity contribution in [3.63, 3.8) is 0 Å². The second-order valence-corrected chi connectivity index (χ2v) is 2.64. The monoisotopic (exact) mass is 164 g/mol. The average Bonchev–Trinajstić information content (AvgIpc) is 2.05. The largest absolute Gasteiger partial charge is 0.298 e. The first-order valence-electron chi connectivity index (χ1n) is 3.55. The molecule has 0 saturated carbocycles. The van der Waals surface area contributed by atoms with Crippen LogP contribution in [0.15, 0.2) is 24.8 Å². The maximum absolute atomic E-state index is 13.0. The Morgan fingerprint density at radius 1 is 1.58 bits per heavy atom. The zero-order valence-corrected chi connectivity index (χ0v) is 6.80. The highest BCUT2D eigenvalue weighted by Crippen LogP contribution is 2.16. The van der Waals surface area contributed by atoms with Crippen molar-refractivity contribution in [3.8, 4) is 0 Å². The van der Waals surface area contributed by atoms with Crippen molar-refractivity contribution in [1.29, 1.82) is 0 Å². The second kappa shape index (κ2) is 3.30. The number of carbonyl (C=O) groups is 1. The molecule has 0 unspecified atom stereocenters. The first kappa shape index (κ1) is 8.65. The first-order valence-corrected chi connectivity index (χ1v) is 3.55. The number of aldehydes is 1. The van der Waals surface area contributed by atoms with Crippen LogP contribution in [-0.2, 0) is 0 Å². The van der Waals surface area contributed by atoms with E-state index in [-0.39, 0.29) is 5.82 Å². The van der Waals surface area contributed by atoms with E-state index in [1.807, 2.05) is 0 Å². The number of hydrogen-bond donors (Lipinski definition) is 0. The minimum Gasteiger partial charge on any atom is -0.298 e. The van der Waals surface area contributed by atoms with E-state index < -0.39 is 0 Å². The molecule has 1 nitrogen and oxygen atoms in total. The van der Waals surface area contributed by atoms with Gasteiger partial charge < -0.3 is 0 Å². The molecule has 0 saturated heterocycles. The van der Waals surface area contributed by atoms with Crippen LogP contribution in [0.3, 0.4) is 0 Å². The molecule has 0 heterocycles. The summed E-state index contributed by atoms with van der Waals surface area (Å²) in [4.78, 5) is 10.3. The van der Waals surface area contributed by atoms with Crippen LogP contribution in [0.5, 0.6) is 0 Å². The van der Waals surface area contributed by atoms with Gasteiger partial charge in [-0.1, -0.05) is 6.58 Å². The summed E-state index contributed by atoms with van der Waals surface area (Å²) in [6.07, 6.45) is 0.686. The SMILES string of the molecule is C=C(C)c1cc(C=O)ccc1F. The van der Waals surface area contributed by atoms with E-state index in [1.165, 1.54) is 18.2 Å².